The number of amides is 1. The lowest BCUT2D eigenvalue weighted by molar-refractivity contribution is 0.0614. The number of aromatic nitrogens is 4. The van der Waals surface area contributed by atoms with E-state index in [2.05, 4.69) is 26.9 Å². The number of imidazole rings is 1. The smallest absolute Gasteiger partial charge is 0.274 e. The lowest BCUT2D eigenvalue weighted by atomic mass is 9.93. The summed E-state index contributed by atoms with van der Waals surface area (Å²) in [7, 11) is 0. The molecule has 7 nitrogen and oxygen atoms in total. The molecule has 0 bridgehead atoms. The van der Waals surface area contributed by atoms with Gasteiger partial charge >= 0.3 is 0 Å². The normalized spacial score (nSPS) is 27.4. The van der Waals surface area contributed by atoms with Gasteiger partial charge in [-0.05, 0) is 37.8 Å². The van der Waals surface area contributed by atoms with Crippen LogP contribution < -0.4 is 5.32 Å². The number of nitrogens with zero attached hydrogens (tertiary/aromatic N) is 5. The van der Waals surface area contributed by atoms with Crippen LogP contribution in [0.1, 0.15) is 48.8 Å². The molecule has 2 saturated heterocycles. The van der Waals surface area contributed by atoms with Crippen molar-refractivity contribution >= 4 is 5.91 Å². The predicted octanol–water partition coefficient (Wildman–Crippen LogP) is 1.73. The molecule has 1 amide bonds. The second-order valence-corrected chi connectivity index (χ2v) is 7.28. The monoisotopic (exact) mass is 342 g/mol. The number of carbonyl (C=O) groups is 1. The first-order valence-electron chi connectivity index (χ1n) is 9.25. The fourth-order valence-electron chi connectivity index (χ4n) is 3.96. The number of rotatable bonds is 3. The fourth-order valence-corrected chi connectivity index (χ4v) is 3.96. The average molecular weight is 342 g/mol. The third-order valence-corrected chi connectivity index (χ3v) is 5.59. The maximum atomic E-state index is 12.9. The molecule has 2 aliphatic heterocycles. The van der Waals surface area contributed by atoms with Gasteiger partial charge in [-0.15, -0.1) is 0 Å². The minimum atomic E-state index is 0.0412. The molecule has 134 valence electrons. The molecular formula is C18H26N6O. The van der Waals surface area contributed by atoms with Gasteiger partial charge in [0.25, 0.3) is 5.91 Å². The molecule has 2 aliphatic rings. The number of hydrogen-bond donors (Lipinski definition) is 1. The Hall–Kier alpha value is -2.15. The van der Waals surface area contributed by atoms with Crippen molar-refractivity contribution in [3.8, 4) is 0 Å². The van der Waals surface area contributed by atoms with Crippen LogP contribution in [0.4, 0.5) is 0 Å². The van der Waals surface area contributed by atoms with Gasteiger partial charge in [-0.2, -0.15) is 5.10 Å². The molecular weight excluding hydrogens is 316 g/mol. The molecule has 7 heteroatoms. The van der Waals surface area contributed by atoms with E-state index in [1.54, 1.807) is 6.20 Å². The van der Waals surface area contributed by atoms with E-state index in [-0.39, 0.29) is 11.9 Å². The summed E-state index contributed by atoms with van der Waals surface area (Å²) in [6.45, 7) is 5.76. The van der Waals surface area contributed by atoms with Crippen LogP contribution in [0.25, 0.3) is 0 Å². The number of piperidine rings is 2. The first kappa shape index (κ1) is 16.3. The van der Waals surface area contributed by atoms with Crippen LogP contribution in [0, 0.1) is 5.92 Å². The molecule has 4 heterocycles. The van der Waals surface area contributed by atoms with E-state index < -0.39 is 0 Å². The van der Waals surface area contributed by atoms with E-state index in [1.165, 1.54) is 0 Å². The Bertz CT molecular complexity index is 703. The molecule has 3 unspecified atom stereocenters. The van der Waals surface area contributed by atoms with Crippen molar-refractivity contribution in [1.82, 2.24) is 29.5 Å². The first-order chi connectivity index (χ1) is 12.2. The van der Waals surface area contributed by atoms with E-state index in [4.69, 9.17) is 0 Å². The SMILES string of the molecule is CC1CCN(C(=O)c2ccn(C3CCCNC3)n2)CC1n1ccnc1. The quantitative estimate of drug-likeness (QED) is 0.922. The molecule has 25 heavy (non-hydrogen) atoms. The van der Waals surface area contributed by atoms with Gasteiger partial charge < -0.3 is 14.8 Å². The van der Waals surface area contributed by atoms with E-state index in [1.807, 2.05) is 34.4 Å². The Morgan fingerprint density at radius 2 is 2.24 bits per heavy atom. The molecule has 2 fully saturated rings. The van der Waals surface area contributed by atoms with Gasteiger partial charge in [0.05, 0.1) is 18.4 Å². The molecule has 0 radical (unpaired) electrons. The minimum absolute atomic E-state index is 0.0412. The summed E-state index contributed by atoms with van der Waals surface area (Å²) < 4.78 is 4.08. The Morgan fingerprint density at radius 3 is 3.00 bits per heavy atom. The van der Waals surface area contributed by atoms with Gasteiger partial charge in [-0.1, -0.05) is 6.92 Å². The van der Waals surface area contributed by atoms with Crippen LogP contribution in [0.5, 0.6) is 0 Å². The molecule has 0 aliphatic carbocycles. The van der Waals surface area contributed by atoms with Crippen molar-refractivity contribution in [1.29, 1.82) is 0 Å². The zero-order chi connectivity index (χ0) is 17.2. The molecule has 2 aromatic rings. The van der Waals surface area contributed by atoms with Crippen LogP contribution in [0.2, 0.25) is 0 Å². The van der Waals surface area contributed by atoms with Crippen molar-refractivity contribution in [2.24, 2.45) is 5.92 Å². The molecule has 0 saturated carbocycles. The summed E-state index contributed by atoms with van der Waals surface area (Å²) in [4.78, 5) is 19.0. The van der Waals surface area contributed by atoms with Gasteiger partial charge in [0.15, 0.2) is 0 Å². The van der Waals surface area contributed by atoms with E-state index in [0.29, 0.717) is 24.2 Å². The Morgan fingerprint density at radius 1 is 1.32 bits per heavy atom. The first-order valence-corrected chi connectivity index (χ1v) is 9.25. The van der Waals surface area contributed by atoms with Gasteiger partial charge in [0.1, 0.15) is 5.69 Å². The highest BCUT2D eigenvalue weighted by Crippen LogP contribution is 2.28. The molecule has 1 N–H and O–H groups in total. The van der Waals surface area contributed by atoms with Crippen molar-refractivity contribution < 1.29 is 4.79 Å². The highest BCUT2D eigenvalue weighted by atomic mass is 16.2. The van der Waals surface area contributed by atoms with Crippen LogP contribution in [0.3, 0.4) is 0 Å². The number of carbonyl (C=O) groups excluding carboxylic acids is 1. The summed E-state index contributed by atoms with van der Waals surface area (Å²) in [5, 5.41) is 7.98. The summed E-state index contributed by atoms with van der Waals surface area (Å²) in [5.41, 5.74) is 0.560. The topological polar surface area (TPSA) is 68.0 Å². The summed E-state index contributed by atoms with van der Waals surface area (Å²) in [6.07, 6.45) is 10.9. The molecule has 0 aromatic carbocycles. The van der Waals surface area contributed by atoms with Crippen molar-refractivity contribution in [3.63, 3.8) is 0 Å². The summed E-state index contributed by atoms with van der Waals surface area (Å²) in [5.74, 6) is 0.573. The van der Waals surface area contributed by atoms with Crippen molar-refractivity contribution in [2.75, 3.05) is 26.2 Å². The predicted molar refractivity (Wildman–Crippen MR) is 94.3 cm³/mol. The standard InChI is InChI=1S/C18H26N6O/c1-14-4-8-22(12-17(14)23-10-7-20-13-23)18(25)16-5-9-24(21-16)15-3-2-6-19-11-15/h5,7,9-10,13-15,17,19H,2-4,6,8,11-12H2,1H3. The van der Waals surface area contributed by atoms with E-state index in [9.17, 15) is 4.79 Å². The summed E-state index contributed by atoms with van der Waals surface area (Å²) in [6, 6.07) is 2.50. The maximum Gasteiger partial charge on any atom is 0.274 e. The van der Waals surface area contributed by atoms with Gasteiger partial charge in [-0.25, -0.2) is 4.98 Å². The minimum Gasteiger partial charge on any atom is -0.335 e. The number of nitrogens with one attached hydrogen (secondary N) is 1. The molecule has 3 atom stereocenters. The van der Waals surface area contributed by atoms with Crippen LogP contribution in [0.15, 0.2) is 31.0 Å². The van der Waals surface area contributed by atoms with E-state index >= 15 is 0 Å². The Labute approximate surface area is 148 Å². The molecule has 0 spiro atoms. The fraction of sp³-hybridized carbons (Fsp3) is 0.611. The van der Waals surface area contributed by atoms with Crippen molar-refractivity contribution in [3.05, 3.63) is 36.7 Å². The lowest BCUT2D eigenvalue weighted by Gasteiger charge is -2.37. The van der Waals surface area contributed by atoms with Crippen molar-refractivity contribution in [2.45, 2.75) is 38.3 Å². The third-order valence-electron chi connectivity index (χ3n) is 5.59. The Balaban J connectivity index is 1.46. The van der Waals surface area contributed by atoms with E-state index in [0.717, 1.165) is 38.9 Å². The lowest BCUT2D eigenvalue weighted by Crippen LogP contribution is -2.44. The highest BCUT2D eigenvalue weighted by Gasteiger charge is 2.31. The third kappa shape index (κ3) is 3.33. The second kappa shape index (κ2) is 7.00. The van der Waals surface area contributed by atoms with Crippen LogP contribution in [-0.4, -0.2) is 56.3 Å². The van der Waals surface area contributed by atoms with Crippen LogP contribution in [-0.2, 0) is 0 Å². The van der Waals surface area contributed by atoms with Gasteiger partial charge in [0.2, 0.25) is 0 Å². The summed E-state index contributed by atoms with van der Waals surface area (Å²) >= 11 is 0. The number of hydrogen-bond acceptors (Lipinski definition) is 4. The van der Waals surface area contributed by atoms with Crippen LogP contribution >= 0.6 is 0 Å². The highest BCUT2D eigenvalue weighted by molar-refractivity contribution is 5.92. The Kier molecular flexibility index (Phi) is 4.57. The zero-order valence-electron chi connectivity index (χ0n) is 14.7. The average Bonchev–Trinajstić information content (AvgIpc) is 3.34. The van der Waals surface area contributed by atoms with Gasteiger partial charge in [0, 0.05) is 38.2 Å². The largest absolute Gasteiger partial charge is 0.335 e. The zero-order valence-corrected chi connectivity index (χ0v) is 14.7. The molecule has 2 aromatic heterocycles. The molecule has 4 rings (SSSR count). The second-order valence-electron chi connectivity index (χ2n) is 7.28. The van der Waals surface area contributed by atoms with Gasteiger partial charge in [-0.3, -0.25) is 9.48 Å². The maximum absolute atomic E-state index is 12.9. The number of likely N-dealkylation sites (tertiary alicyclic amines) is 1.